The maximum absolute atomic E-state index is 12.0. The second kappa shape index (κ2) is 6.11. The number of hydrogen-bond acceptors (Lipinski definition) is 4. The van der Waals surface area contributed by atoms with Crippen LogP contribution in [-0.2, 0) is 4.79 Å². The minimum Gasteiger partial charge on any atom is -0.480 e. The summed E-state index contributed by atoms with van der Waals surface area (Å²) in [7, 11) is 5.57. The number of carboxylic acids is 1. The fourth-order valence-electron chi connectivity index (χ4n) is 1.50. The van der Waals surface area contributed by atoms with Gasteiger partial charge in [-0.15, -0.1) is 11.8 Å². The normalized spacial score (nSPS) is 19.8. The molecule has 2 amide bonds. The quantitative estimate of drug-likeness (QED) is 0.775. The van der Waals surface area contributed by atoms with E-state index >= 15 is 0 Å². The van der Waals surface area contributed by atoms with Crippen LogP contribution in [0.4, 0.5) is 4.79 Å². The summed E-state index contributed by atoms with van der Waals surface area (Å²) in [5, 5.41) is 9.00. The Morgan fingerprint density at radius 1 is 1.35 bits per heavy atom. The van der Waals surface area contributed by atoms with Gasteiger partial charge in [0.15, 0.2) is 0 Å². The minimum absolute atomic E-state index is 0.204. The Kier molecular flexibility index (Phi) is 5.07. The van der Waals surface area contributed by atoms with E-state index in [2.05, 4.69) is 0 Å². The van der Waals surface area contributed by atoms with E-state index < -0.39 is 12.0 Å². The van der Waals surface area contributed by atoms with Gasteiger partial charge in [0.25, 0.3) is 0 Å². The summed E-state index contributed by atoms with van der Waals surface area (Å²) in [4.78, 5) is 28.0. The van der Waals surface area contributed by atoms with E-state index in [1.807, 2.05) is 19.0 Å². The first-order valence-electron chi connectivity index (χ1n) is 5.40. The summed E-state index contributed by atoms with van der Waals surface area (Å²) in [6.07, 6.45) is 0. The van der Waals surface area contributed by atoms with E-state index in [1.165, 1.54) is 16.7 Å². The number of rotatable bonds is 4. The molecule has 1 saturated heterocycles. The van der Waals surface area contributed by atoms with Gasteiger partial charge in [-0.2, -0.15) is 0 Å². The van der Waals surface area contributed by atoms with Crippen LogP contribution in [0.2, 0.25) is 0 Å². The molecule has 0 unspecified atom stereocenters. The molecule has 0 radical (unpaired) electrons. The molecule has 1 heterocycles. The average Bonchev–Trinajstić information content (AvgIpc) is 2.73. The number of carboxylic acid groups (broad SMARTS) is 1. The second-order valence-electron chi connectivity index (χ2n) is 4.33. The topological polar surface area (TPSA) is 64.1 Å². The lowest BCUT2D eigenvalue weighted by molar-refractivity contribution is -0.140. The van der Waals surface area contributed by atoms with Crippen molar-refractivity contribution in [1.29, 1.82) is 0 Å². The standard InChI is InChI=1S/C10H19N3O3S/c1-11(2)4-5-12(3)10(16)13-7-17-6-8(13)9(14)15/h8H,4-7H2,1-3H3,(H,14,15)/t8-/m0/s1. The fraction of sp³-hybridized carbons (Fsp3) is 0.800. The van der Waals surface area contributed by atoms with Crippen LogP contribution in [0.1, 0.15) is 0 Å². The highest BCUT2D eigenvalue weighted by Gasteiger charge is 2.35. The summed E-state index contributed by atoms with van der Waals surface area (Å²) in [5.74, 6) is 0.00870. The maximum Gasteiger partial charge on any atom is 0.327 e. The van der Waals surface area contributed by atoms with Gasteiger partial charge in [0.1, 0.15) is 6.04 Å². The molecule has 1 N–H and O–H groups in total. The van der Waals surface area contributed by atoms with E-state index in [0.717, 1.165) is 6.54 Å². The zero-order valence-corrected chi connectivity index (χ0v) is 11.2. The van der Waals surface area contributed by atoms with Crippen molar-refractivity contribution in [2.45, 2.75) is 6.04 Å². The summed E-state index contributed by atoms with van der Waals surface area (Å²) < 4.78 is 0. The Bertz CT molecular complexity index is 299. The van der Waals surface area contributed by atoms with Crippen molar-refractivity contribution in [2.24, 2.45) is 0 Å². The van der Waals surface area contributed by atoms with Crippen LogP contribution >= 0.6 is 11.8 Å². The summed E-state index contributed by atoms with van der Waals surface area (Å²) in [6, 6.07) is -0.890. The first-order valence-corrected chi connectivity index (χ1v) is 6.56. The largest absolute Gasteiger partial charge is 0.480 e. The second-order valence-corrected chi connectivity index (χ2v) is 5.33. The average molecular weight is 261 g/mol. The Labute approximate surface area is 106 Å². The van der Waals surface area contributed by atoms with E-state index in [4.69, 9.17) is 5.11 Å². The van der Waals surface area contributed by atoms with Gasteiger partial charge in [-0.3, -0.25) is 0 Å². The molecule has 0 aromatic carbocycles. The number of carbonyl (C=O) groups is 2. The molecular formula is C10H19N3O3S. The summed E-state index contributed by atoms with van der Waals surface area (Å²) in [5.41, 5.74) is 0. The number of aliphatic carboxylic acids is 1. The number of urea groups is 1. The van der Waals surface area contributed by atoms with Gasteiger partial charge in [0.05, 0.1) is 5.88 Å². The third-order valence-electron chi connectivity index (χ3n) is 2.62. The van der Waals surface area contributed by atoms with Gasteiger partial charge in [-0.25, -0.2) is 9.59 Å². The molecule has 0 spiro atoms. The molecule has 0 aliphatic carbocycles. The number of nitrogens with zero attached hydrogens (tertiary/aromatic N) is 3. The number of thioether (sulfide) groups is 1. The third-order valence-corrected chi connectivity index (χ3v) is 3.63. The van der Waals surface area contributed by atoms with E-state index in [-0.39, 0.29) is 6.03 Å². The molecule has 1 aliphatic heterocycles. The van der Waals surface area contributed by atoms with Gasteiger partial charge in [-0.1, -0.05) is 0 Å². The van der Waals surface area contributed by atoms with Crippen LogP contribution in [0.5, 0.6) is 0 Å². The van der Waals surface area contributed by atoms with Crippen LogP contribution < -0.4 is 0 Å². The number of hydrogen-bond donors (Lipinski definition) is 1. The van der Waals surface area contributed by atoms with Crippen LogP contribution in [0.15, 0.2) is 0 Å². The predicted molar refractivity (Wildman–Crippen MR) is 67.2 cm³/mol. The van der Waals surface area contributed by atoms with E-state index in [0.29, 0.717) is 18.2 Å². The molecular weight excluding hydrogens is 242 g/mol. The number of amides is 2. The third kappa shape index (κ3) is 3.78. The molecule has 7 heteroatoms. The van der Waals surface area contributed by atoms with Crippen molar-refractivity contribution < 1.29 is 14.7 Å². The summed E-state index contributed by atoms with van der Waals surface area (Å²) in [6.45, 7) is 1.36. The van der Waals surface area contributed by atoms with Gasteiger partial charge < -0.3 is 19.8 Å². The molecule has 1 atom stereocenters. The molecule has 1 aliphatic rings. The highest BCUT2D eigenvalue weighted by atomic mass is 32.2. The SMILES string of the molecule is CN(C)CCN(C)C(=O)N1CSC[C@H]1C(=O)O. The Hall–Kier alpha value is -0.950. The fourth-order valence-corrected chi connectivity index (χ4v) is 2.64. The lowest BCUT2D eigenvalue weighted by atomic mass is 10.3. The lowest BCUT2D eigenvalue weighted by Crippen LogP contribution is -2.48. The monoisotopic (exact) mass is 261 g/mol. The van der Waals surface area contributed by atoms with Crippen molar-refractivity contribution in [3.05, 3.63) is 0 Å². The molecule has 0 aromatic heterocycles. The van der Waals surface area contributed by atoms with Crippen LogP contribution in [0.3, 0.4) is 0 Å². The van der Waals surface area contributed by atoms with Crippen molar-refractivity contribution >= 4 is 23.8 Å². The van der Waals surface area contributed by atoms with Gasteiger partial charge in [0.2, 0.25) is 0 Å². The molecule has 0 aromatic rings. The zero-order chi connectivity index (χ0) is 13.0. The predicted octanol–water partition coefficient (Wildman–Crippen LogP) is 0.0593. The molecule has 0 saturated carbocycles. The molecule has 1 fully saturated rings. The Balaban J connectivity index is 2.53. The van der Waals surface area contributed by atoms with E-state index in [1.54, 1.807) is 11.9 Å². The molecule has 1 rings (SSSR count). The first kappa shape index (κ1) is 14.1. The zero-order valence-electron chi connectivity index (χ0n) is 10.4. The van der Waals surface area contributed by atoms with Crippen molar-refractivity contribution in [3.63, 3.8) is 0 Å². The van der Waals surface area contributed by atoms with Crippen molar-refractivity contribution in [1.82, 2.24) is 14.7 Å². The Morgan fingerprint density at radius 2 is 2.00 bits per heavy atom. The van der Waals surface area contributed by atoms with Crippen LogP contribution in [0.25, 0.3) is 0 Å². The van der Waals surface area contributed by atoms with Gasteiger partial charge >= 0.3 is 12.0 Å². The molecule has 0 bridgehead atoms. The number of carbonyl (C=O) groups excluding carboxylic acids is 1. The lowest BCUT2D eigenvalue weighted by Gasteiger charge is -2.27. The minimum atomic E-state index is -0.927. The molecule has 6 nitrogen and oxygen atoms in total. The van der Waals surface area contributed by atoms with Crippen molar-refractivity contribution in [3.8, 4) is 0 Å². The smallest absolute Gasteiger partial charge is 0.327 e. The molecule has 17 heavy (non-hydrogen) atoms. The van der Waals surface area contributed by atoms with Crippen LogP contribution in [-0.4, -0.2) is 83.7 Å². The first-order chi connectivity index (χ1) is 7.93. The van der Waals surface area contributed by atoms with E-state index in [9.17, 15) is 9.59 Å². The highest BCUT2D eigenvalue weighted by molar-refractivity contribution is 7.99. The van der Waals surface area contributed by atoms with Gasteiger partial charge in [0, 0.05) is 25.9 Å². The molecule has 98 valence electrons. The van der Waals surface area contributed by atoms with Crippen LogP contribution in [0, 0.1) is 0 Å². The number of likely N-dealkylation sites (N-methyl/N-ethyl adjacent to an activating group) is 2. The summed E-state index contributed by atoms with van der Waals surface area (Å²) >= 11 is 1.48. The van der Waals surface area contributed by atoms with Crippen molar-refractivity contribution in [2.75, 3.05) is 45.9 Å². The van der Waals surface area contributed by atoms with Gasteiger partial charge in [-0.05, 0) is 14.1 Å². The highest BCUT2D eigenvalue weighted by Crippen LogP contribution is 2.22. The maximum atomic E-state index is 12.0. The Morgan fingerprint density at radius 3 is 2.53 bits per heavy atom.